The molecule has 1 aromatic carbocycles. The summed E-state index contributed by atoms with van der Waals surface area (Å²) >= 11 is 1.45. The molecule has 3 heterocycles. The van der Waals surface area contributed by atoms with E-state index in [0.29, 0.717) is 34.6 Å². The first-order valence-corrected chi connectivity index (χ1v) is 12.0. The lowest BCUT2D eigenvalue weighted by atomic mass is 9.89. The lowest BCUT2D eigenvalue weighted by molar-refractivity contribution is -0.173. The Morgan fingerprint density at radius 3 is 2.71 bits per heavy atom. The summed E-state index contributed by atoms with van der Waals surface area (Å²) in [5, 5.41) is 12.0. The number of nitrogens with zero attached hydrogens (tertiary/aromatic N) is 3. The molecule has 5 rings (SSSR count). The average Bonchev–Trinajstić information content (AvgIpc) is 2.98. The third-order valence-corrected chi connectivity index (χ3v) is 7.79. The highest BCUT2D eigenvalue weighted by atomic mass is 32.2. The van der Waals surface area contributed by atoms with E-state index in [-0.39, 0.29) is 0 Å². The number of halogens is 4. The van der Waals surface area contributed by atoms with Crippen LogP contribution in [0.3, 0.4) is 0 Å². The molecule has 35 heavy (non-hydrogen) atoms. The van der Waals surface area contributed by atoms with E-state index in [4.69, 9.17) is 0 Å². The molecule has 0 fully saturated rings. The Labute approximate surface area is 202 Å². The zero-order valence-corrected chi connectivity index (χ0v) is 19.4. The fourth-order valence-corrected chi connectivity index (χ4v) is 5.97. The first-order chi connectivity index (χ1) is 16.6. The first-order valence-electron chi connectivity index (χ1n) is 11.0. The number of hydrogen-bond donors (Lipinski definition) is 1. The second kappa shape index (κ2) is 8.47. The van der Waals surface area contributed by atoms with Crippen molar-refractivity contribution in [1.82, 2.24) is 9.58 Å². The summed E-state index contributed by atoms with van der Waals surface area (Å²) in [6.45, 7) is 0.370. The number of aromatic hydroxyl groups is 1. The maximum atomic E-state index is 14.9. The van der Waals surface area contributed by atoms with Crippen LogP contribution in [0.5, 0.6) is 5.75 Å². The Morgan fingerprint density at radius 1 is 1.20 bits per heavy atom. The molecule has 1 amide bonds. The lowest BCUT2D eigenvalue weighted by Crippen LogP contribution is -2.60. The van der Waals surface area contributed by atoms with Gasteiger partial charge in [0.1, 0.15) is 18.5 Å². The van der Waals surface area contributed by atoms with Crippen LogP contribution in [-0.2, 0) is 5.75 Å². The highest BCUT2D eigenvalue weighted by Gasteiger charge is 2.48. The van der Waals surface area contributed by atoms with E-state index in [1.165, 1.54) is 33.7 Å². The molecule has 0 radical (unpaired) electrons. The van der Waals surface area contributed by atoms with Crippen molar-refractivity contribution >= 4 is 17.7 Å². The molecule has 0 spiro atoms. The molecule has 3 aliphatic rings. The number of carbonyl (C=O) groups excluding carboxylic acids is 1. The van der Waals surface area contributed by atoms with Gasteiger partial charge in [-0.05, 0) is 37.0 Å². The SMILES string of the molecule is CC(N1CN([C@@H]2C3=C(C=CCC3)SCc3c(F)cccc32)n2ccc(=O)c(O)c2C1=O)C(F)(F)F. The van der Waals surface area contributed by atoms with Gasteiger partial charge in [-0.15, -0.1) is 11.8 Å². The second-order valence-corrected chi connectivity index (χ2v) is 9.64. The molecule has 2 aromatic rings. The molecule has 11 heteroatoms. The van der Waals surface area contributed by atoms with Gasteiger partial charge in [-0.2, -0.15) is 13.2 Å². The van der Waals surface area contributed by atoms with Gasteiger partial charge in [-0.1, -0.05) is 24.3 Å². The Bertz CT molecular complexity index is 1330. The van der Waals surface area contributed by atoms with Gasteiger partial charge in [0, 0.05) is 28.5 Å². The van der Waals surface area contributed by atoms with Crippen molar-refractivity contribution < 1.29 is 27.5 Å². The lowest BCUT2D eigenvalue weighted by Gasteiger charge is -2.46. The number of fused-ring (bicyclic) bond motifs is 2. The zero-order chi connectivity index (χ0) is 25.1. The molecule has 1 N–H and O–H groups in total. The molecule has 184 valence electrons. The van der Waals surface area contributed by atoms with E-state index >= 15 is 0 Å². The minimum Gasteiger partial charge on any atom is -0.502 e. The number of pyridine rings is 1. The number of carbonyl (C=O) groups is 1. The second-order valence-electron chi connectivity index (χ2n) is 8.62. The topological polar surface area (TPSA) is 65.8 Å². The van der Waals surface area contributed by atoms with Crippen molar-refractivity contribution in [2.24, 2.45) is 0 Å². The Kier molecular flexibility index (Phi) is 5.70. The molecule has 2 aliphatic heterocycles. The largest absolute Gasteiger partial charge is 0.502 e. The number of rotatable bonds is 2. The summed E-state index contributed by atoms with van der Waals surface area (Å²) in [6, 6.07) is 2.75. The van der Waals surface area contributed by atoms with Crippen LogP contribution >= 0.6 is 11.8 Å². The number of aromatic nitrogens is 1. The van der Waals surface area contributed by atoms with Crippen molar-refractivity contribution in [3.63, 3.8) is 0 Å². The van der Waals surface area contributed by atoms with Gasteiger partial charge < -0.3 is 10.0 Å². The van der Waals surface area contributed by atoms with Crippen molar-refractivity contribution in [2.45, 2.75) is 43.8 Å². The Balaban J connectivity index is 1.77. The predicted molar refractivity (Wildman–Crippen MR) is 123 cm³/mol. The van der Waals surface area contributed by atoms with Crippen molar-refractivity contribution in [3.8, 4) is 5.75 Å². The molecule has 2 atom stereocenters. The molecular weight excluding hydrogens is 486 g/mol. The third kappa shape index (κ3) is 3.81. The fraction of sp³-hybridized carbons (Fsp3) is 0.333. The predicted octanol–water partition coefficient (Wildman–Crippen LogP) is 4.59. The highest BCUT2D eigenvalue weighted by molar-refractivity contribution is 8.02. The molecule has 6 nitrogen and oxygen atoms in total. The van der Waals surface area contributed by atoms with Gasteiger partial charge in [-0.25, -0.2) is 4.39 Å². The fourth-order valence-electron chi connectivity index (χ4n) is 4.77. The Morgan fingerprint density at radius 2 is 1.97 bits per heavy atom. The van der Waals surface area contributed by atoms with E-state index in [0.717, 1.165) is 23.5 Å². The van der Waals surface area contributed by atoms with Gasteiger partial charge >= 0.3 is 6.18 Å². The quantitative estimate of drug-likeness (QED) is 0.603. The van der Waals surface area contributed by atoms with Gasteiger partial charge in [0.2, 0.25) is 5.43 Å². The molecule has 1 aromatic heterocycles. The van der Waals surface area contributed by atoms with Crippen LogP contribution in [0.1, 0.15) is 47.4 Å². The smallest absolute Gasteiger partial charge is 0.408 e. The number of allylic oxidation sites excluding steroid dienone is 2. The van der Waals surface area contributed by atoms with E-state index in [1.54, 1.807) is 12.1 Å². The maximum Gasteiger partial charge on any atom is 0.408 e. The maximum absolute atomic E-state index is 14.9. The normalized spacial score (nSPS) is 20.8. The van der Waals surface area contributed by atoms with Crippen LogP contribution in [0, 0.1) is 5.82 Å². The summed E-state index contributed by atoms with van der Waals surface area (Å²) in [6.07, 6.45) is 1.72. The van der Waals surface area contributed by atoms with Crippen LogP contribution in [-0.4, -0.2) is 39.5 Å². The summed E-state index contributed by atoms with van der Waals surface area (Å²) in [5.74, 6) is -2.14. The van der Waals surface area contributed by atoms with Crippen molar-refractivity contribution in [1.29, 1.82) is 0 Å². The van der Waals surface area contributed by atoms with E-state index < -0.39 is 53.5 Å². The average molecular weight is 508 g/mol. The van der Waals surface area contributed by atoms with E-state index in [1.807, 2.05) is 12.2 Å². The number of hydrogen-bond acceptors (Lipinski definition) is 5. The molecular formula is C24H21F4N3O3S. The zero-order valence-electron chi connectivity index (χ0n) is 18.6. The summed E-state index contributed by atoms with van der Waals surface area (Å²) in [7, 11) is 0. The number of amides is 1. The van der Waals surface area contributed by atoms with Crippen LogP contribution in [0.25, 0.3) is 0 Å². The van der Waals surface area contributed by atoms with Crippen LogP contribution < -0.4 is 10.4 Å². The van der Waals surface area contributed by atoms with E-state index in [2.05, 4.69) is 0 Å². The molecule has 1 aliphatic carbocycles. The van der Waals surface area contributed by atoms with Crippen LogP contribution in [0.15, 0.2) is 57.9 Å². The molecule has 0 saturated heterocycles. The summed E-state index contributed by atoms with van der Waals surface area (Å²) in [5.41, 5.74) is 0.429. The summed E-state index contributed by atoms with van der Waals surface area (Å²) < 4.78 is 57.4. The van der Waals surface area contributed by atoms with Gasteiger partial charge in [0.05, 0.1) is 6.04 Å². The highest BCUT2D eigenvalue weighted by Crippen LogP contribution is 2.46. The molecule has 0 bridgehead atoms. The monoisotopic (exact) mass is 507 g/mol. The third-order valence-electron chi connectivity index (χ3n) is 6.65. The molecule has 1 unspecified atom stereocenters. The minimum atomic E-state index is -4.74. The summed E-state index contributed by atoms with van der Waals surface area (Å²) in [4.78, 5) is 26.8. The van der Waals surface area contributed by atoms with Crippen molar-refractivity contribution in [3.05, 3.63) is 86.0 Å². The number of alkyl halides is 3. The van der Waals surface area contributed by atoms with Crippen molar-refractivity contribution in [2.75, 3.05) is 11.7 Å². The molecule has 0 saturated carbocycles. The van der Waals surface area contributed by atoms with Gasteiger partial charge in [0.15, 0.2) is 11.4 Å². The Hall–Kier alpha value is -3.21. The van der Waals surface area contributed by atoms with Gasteiger partial charge in [-0.3, -0.25) is 19.3 Å². The first kappa shape index (κ1) is 23.5. The van der Waals surface area contributed by atoms with E-state index in [9.17, 15) is 32.3 Å². The van der Waals surface area contributed by atoms with Gasteiger partial charge in [0.25, 0.3) is 5.91 Å². The van der Waals surface area contributed by atoms with Crippen LogP contribution in [0.2, 0.25) is 0 Å². The number of benzene rings is 1. The van der Waals surface area contributed by atoms with Crippen LogP contribution in [0.4, 0.5) is 17.6 Å². The standard InChI is InChI=1S/C24H21F4N3O3S/c1-13(24(26,27)28)29-12-31(30-10-9-18(32)22(33)21(30)23(29)34)20-14-6-4-7-17(25)16(14)11-35-19-8-3-2-5-15(19)20/h3-4,6-10,13,20,33H,2,5,11-12H2,1H3/t13?,20-/m0/s1. The number of thioether (sulfide) groups is 1. The minimum absolute atomic E-state index is 0.333.